The van der Waals surface area contributed by atoms with Crippen molar-refractivity contribution in [1.29, 1.82) is 0 Å². The first-order chi connectivity index (χ1) is 6.16. The van der Waals surface area contributed by atoms with E-state index >= 15 is 0 Å². The predicted octanol–water partition coefficient (Wildman–Crippen LogP) is 1.88. The molecule has 0 unspecified atom stereocenters. The van der Waals surface area contributed by atoms with Crippen molar-refractivity contribution >= 4 is 5.91 Å². The van der Waals surface area contributed by atoms with Gasteiger partial charge in [-0.3, -0.25) is 4.79 Å². The van der Waals surface area contributed by atoms with Crippen LogP contribution >= 0.6 is 0 Å². The van der Waals surface area contributed by atoms with Crippen molar-refractivity contribution in [2.24, 2.45) is 0 Å². The molecule has 0 radical (unpaired) electrons. The Hall–Kier alpha value is -1.38. The third-order valence-corrected chi connectivity index (χ3v) is 1.77. The molecular formula is C10H12FNO. The minimum atomic E-state index is -0.437. The number of carbonyl (C=O) groups excluding carboxylic acids is 1. The molecule has 0 aliphatic heterocycles. The Balaban J connectivity index is 3.01. The van der Waals surface area contributed by atoms with Crippen LogP contribution in [-0.2, 0) is 0 Å². The van der Waals surface area contributed by atoms with Crippen molar-refractivity contribution in [1.82, 2.24) is 5.32 Å². The van der Waals surface area contributed by atoms with Gasteiger partial charge in [0.15, 0.2) is 0 Å². The number of amides is 1. The molecule has 0 fully saturated rings. The molecule has 70 valence electrons. The first-order valence-corrected chi connectivity index (χ1v) is 4.20. The van der Waals surface area contributed by atoms with Gasteiger partial charge in [-0.05, 0) is 25.5 Å². The van der Waals surface area contributed by atoms with Crippen LogP contribution in [0.3, 0.4) is 0 Å². The fourth-order valence-electron chi connectivity index (χ4n) is 1.08. The third kappa shape index (κ3) is 2.05. The molecule has 2 nitrogen and oxygen atoms in total. The SMILES string of the molecule is CCNC(=O)c1cccc(C)c1F. The van der Waals surface area contributed by atoms with Gasteiger partial charge in [0.1, 0.15) is 5.82 Å². The molecule has 13 heavy (non-hydrogen) atoms. The molecule has 1 rings (SSSR count). The highest BCUT2D eigenvalue weighted by Gasteiger charge is 2.11. The summed E-state index contributed by atoms with van der Waals surface area (Å²) < 4.78 is 13.3. The van der Waals surface area contributed by atoms with E-state index in [4.69, 9.17) is 0 Å². The minimum absolute atomic E-state index is 0.113. The lowest BCUT2D eigenvalue weighted by Gasteiger charge is -2.04. The van der Waals surface area contributed by atoms with Crippen LogP contribution in [-0.4, -0.2) is 12.5 Å². The number of carbonyl (C=O) groups is 1. The zero-order chi connectivity index (χ0) is 9.84. The molecule has 0 aromatic heterocycles. The van der Waals surface area contributed by atoms with E-state index < -0.39 is 5.82 Å². The van der Waals surface area contributed by atoms with Gasteiger partial charge in [-0.15, -0.1) is 0 Å². The number of hydrogen-bond acceptors (Lipinski definition) is 1. The van der Waals surface area contributed by atoms with Crippen LogP contribution in [0.5, 0.6) is 0 Å². The molecule has 0 atom stereocenters. The van der Waals surface area contributed by atoms with Gasteiger partial charge in [0.05, 0.1) is 5.56 Å². The Bertz CT molecular complexity index is 323. The number of rotatable bonds is 2. The molecule has 0 heterocycles. The average molecular weight is 181 g/mol. The Labute approximate surface area is 76.8 Å². The van der Waals surface area contributed by atoms with Crippen LogP contribution in [0, 0.1) is 12.7 Å². The van der Waals surface area contributed by atoms with E-state index in [1.54, 1.807) is 26.0 Å². The molecule has 0 saturated carbocycles. The minimum Gasteiger partial charge on any atom is -0.352 e. The normalized spacial score (nSPS) is 9.77. The van der Waals surface area contributed by atoms with Crippen molar-refractivity contribution in [2.45, 2.75) is 13.8 Å². The second kappa shape index (κ2) is 4.03. The molecule has 1 aromatic carbocycles. The van der Waals surface area contributed by atoms with Crippen LogP contribution in [0.1, 0.15) is 22.8 Å². The predicted molar refractivity (Wildman–Crippen MR) is 49.1 cm³/mol. The zero-order valence-electron chi connectivity index (χ0n) is 7.73. The smallest absolute Gasteiger partial charge is 0.254 e. The molecule has 0 bridgehead atoms. The summed E-state index contributed by atoms with van der Waals surface area (Å²) in [6.45, 7) is 3.94. The molecule has 1 amide bonds. The van der Waals surface area contributed by atoms with Crippen LogP contribution in [0.2, 0.25) is 0 Å². The summed E-state index contributed by atoms with van der Waals surface area (Å²) in [7, 11) is 0. The largest absolute Gasteiger partial charge is 0.352 e. The van der Waals surface area contributed by atoms with E-state index in [1.165, 1.54) is 6.07 Å². The standard InChI is InChI=1S/C10H12FNO/c1-3-12-10(13)8-6-4-5-7(2)9(8)11/h4-6H,3H2,1-2H3,(H,12,13). The van der Waals surface area contributed by atoms with Crippen LogP contribution in [0.25, 0.3) is 0 Å². The number of nitrogens with one attached hydrogen (secondary N) is 1. The molecular weight excluding hydrogens is 169 g/mol. The maximum absolute atomic E-state index is 13.3. The Kier molecular flexibility index (Phi) is 3.01. The van der Waals surface area contributed by atoms with Crippen molar-refractivity contribution in [3.05, 3.63) is 35.1 Å². The van der Waals surface area contributed by atoms with Crippen molar-refractivity contribution in [3.8, 4) is 0 Å². The van der Waals surface area contributed by atoms with Crippen molar-refractivity contribution < 1.29 is 9.18 Å². The lowest BCUT2D eigenvalue weighted by molar-refractivity contribution is 0.0951. The molecule has 0 aliphatic rings. The first kappa shape index (κ1) is 9.71. The molecule has 1 aromatic rings. The number of aryl methyl sites for hydroxylation is 1. The highest BCUT2D eigenvalue weighted by Crippen LogP contribution is 2.11. The summed E-state index contributed by atoms with van der Waals surface area (Å²) in [4.78, 5) is 11.3. The van der Waals surface area contributed by atoms with Gasteiger partial charge in [-0.25, -0.2) is 4.39 Å². The van der Waals surface area contributed by atoms with Gasteiger partial charge in [0, 0.05) is 6.54 Å². The molecule has 0 aliphatic carbocycles. The molecule has 1 N–H and O–H groups in total. The summed E-state index contributed by atoms with van der Waals surface area (Å²) >= 11 is 0. The average Bonchev–Trinajstić information content (AvgIpc) is 2.10. The second-order valence-electron chi connectivity index (χ2n) is 2.80. The van der Waals surface area contributed by atoms with E-state index in [0.717, 1.165) is 0 Å². The Morgan fingerprint density at radius 3 is 2.85 bits per heavy atom. The van der Waals surface area contributed by atoms with E-state index in [-0.39, 0.29) is 11.5 Å². The summed E-state index contributed by atoms with van der Waals surface area (Å²) in [5, 5.41) is 2.55. The van der Waals surface area contributed by atoms with Crippen molar-refractivity contribution in [3.63, 3.8) is 0 Å². The van der Waals surface area contributed by atoms with Gasteiger partial charge >= 0.3 is 0 Å². The van der Waals surface area contributed by atoms with Gasteiger partial charge in [0.25, 0.3) is 5.91 Å². The Morgan fingerprint density at radius 1 is 1.54 bits per heavy atom. The molecule has 0 saturated heterocycles. The fourth-order valence-corrected chi connectivity index (χ4v) is 1.08. The van der Waals surface area contributed by atoms with E-state index in [2.05, 4.69) is 5.32 Å². The van der Waals surface area contributed by atoms with Gasteiger partial charge in [-0.2, -0.15) is 0 Å². The monoisotopic (exact) mass is 181 g/mol. The van der Waals surface area contributed by atoms with Crippen molar-refractivity contribution in [2.75, 3.05) is 6.54 Å². The highest BCUT2D eigenvalue weighted by atomic mass is 19.1. The van der Waals surface area contributed by atoms with Gasteiger partial charge < -0.3 is 5.32 Å². The first-order valence-electron chi connectivity index (χ1n) is 4.20. The maximum atomic E-state index is 13.3. The van der Waals surface area contributed by atoms with Crippen LogP contribution < -0.4 is 5.32 Å². The number of benzene rings is 1. The van der Waals surface area contributed by atoms with Crippen LogP contribution in [0.4, 0.5) is 4.39 Å². The second-order valence-corrected chi connectivity index (χ2v) is 2.80. The van der Waals surface area contributed by atoms with E-state index in [9.17, 15) is 9.18 Å². The number of hydrogen-bond donors (Lipinski definition) is 1. The topological polar surface area (TPSA) is 29.1 Å². The maximum Gasteiger partial charge on any atom is 0.254 e. The van der Waals surface area contributed by atoms with Gasteiger partial charge in [0.2, 0.25) is 0 Å². The Morgan fingerprint density at radius 2 is 2.23 bits per heavy atom. The quantitative estimate of drug-likeness (QED) is 0.741. The molecule has 0 spiro atoms. The van der Waals surface area contributed by atoms with Gasteiger partial charge in [-0.1, -0.05) is 12.1 Å². The van der Waals surface area contributed by atoms with Crippen LogP contribution in [0.15, 0.2) is 18.2 Å². The zero-order valence-corrected chi connectivity index (χ0v) is 7.73. The lowest BCUT2D eigenvalue weighted by atomic mass is 10.1. The molecule has 3 heteroatoms. The summed E-state index contributed by atoms with van der Waals surface area (Å²) in [6.07, 6.45) is 0. The summed E-state index contributed by atoms with van der Waals surface area (Å²) in [6, 6.07) is 4.79. The number of halogens is 1. The highest BCUT2D eigenvalue weighted by molar-refractivity contribution is 5.94. The summed E-state index contributed by atoms with van der Waals surface area (Å²) in [5.74, 6) is -0.794. The van der Waals surface area contributed by atoms with E-state index in [0.29, 0.717) is 12.1 Å². The fraction of sp³-hybridized carbons (Fsp3) is 0.300. The summed E-state index contributed by atoms with van der Waals surface area (Å²) in [5.41, 5.74) is 0.602. The lowest BCUT2D eigenvalue weighted by Crippen LogP contribution is -2.23. The third-order valence-electron chi connectivity index (χ3n) is 1.77. The van der Waals surface area contributed by atoms with E-state index in [1.807, 2.05) is 0 Å².